The lowest BCUT2D eigenvalue weighted by molar-refractivity contribution is -0.118. The summed E-state index contributed by atoms with van der Waals surface area (Å²) < 4.78 is 0. The molecule has 5 heteroatoms. The van der Waals surface area contributed by atoms with Crippen molar-refractivity contribution >= 4 is 23.1 Å². The van der Waals surface area contributed by atoms with Crippen LogP contribution in [0.2, 0.25) is 0 Å². The minimum atomic E-state index is 0.751. The molecular formula is C14H16N4O. The van der Waals surface area contributed by atoms with Gasteiger partial charge in [-0.15, -0.1) is 0 Å². The van der Waals surface area contributed by atoms with E-state index in [0.29, 0.717) is 0 Å². The fourth-order valence-corrected chi connectivity index (χ4v) is 2.45. The molecule has 19 heavy (non-hydrogen) atoms. The van der Waals surface area contributed by atoms with Crippen molar-refractivity contribution in [3.8, 4) is 0 Å². The molecule has 0 spiro atoms. The molecule has 0 saturated carbocycles. The summed E-state index contributed by atoms with van der Waals surface area (Å²) >= 11 is 0. The number of aryl methyl sites for hydroxylation is 1. The number of aromatic nitrogens is 2. The molecule has 3 rings (SSSR count). The Labute approximate surface area is 111 Å². The van der Waals surface area contributed by atoms with Crippen LogP contribution < -0.4 is 4.90 Å². The molecule has 1 aliphatic rings. The van der Waals surface area contributed by atoms with E-state index in [2.05, 4.69) is 33.9 Å². The summed E-state index contributed by atoms with van der Waals surface area (Å²) in [5.74, 6) is 0.972. The summed E-state index contributed by atoms with van der Waals surface area (Å²) in [7, 11) is 0. The second-order valence-electron chi connectivity index (χ2n) is 4.85. The lowest BCUT2D eigenvalue weighted by Gasteiger charge is -2.33. The van der Waals surface area contributed by atoms with Crippen molar-refractivity contribution in [2.75, 3.05) is 31.1 Å². The van der Waals surface area contributed by atoms with Gasteiger partial charge in [-0.05, 0) is 19.1 Å². The van der Waals surface area contributed by atoms with Crippen molar-refractivity contribution in [2.24, 2.45) is 0 Å². The Kier molecular flexibility index (Phi) is 3.03. The number of fused-ring (bicyclic) bond motifs is 1. The van der Waals surface area contributed by atoms with Gasteiger partial charge in [0.05, 0.1) is 5.52 Å². The molecule has 1 aromatic heterocycles. The quantitative estimate of drug-likeness (QED) is 0.758. The molecule has 1 amide bonds. The van der Waals surface area contributed by atoms with Crippen LogP contribution in [0.25, 0.3) is 10.9 Å². The molecule has 0 unspecified atom stereocenters. The first kappa shape index (κ1) is 11.9. The van der Waals surface area contributed by atoms with E-state index in [9.17, 15) is 4.79 Å². The third kappa shape index (κ3) is 2.23. The summed E-state index contributed by atoms with van der Waals surface area (Å²) in [6.45, 7) is 5.21. The van der Waals surface area contributed by atoms with Gasteiger partial charge in [0.15, 0.2) is 0 Å². The van der Waals surface area contributed by atoms with E-state index in [-0.39, 0.29) is 0 Å². The van der Waals surface area contributed by atoms with E-state index in [1.54, 1.807) is 11.2 Å². The standard InChI is InChI=1S/C14H16N4O/c1-11-2-3-13-12(8-11)14(16-9-15-13)18-6-4-17(10-19)5-7-18/h2-3,8-10H,4-7H2,1H3. The minimum absolute atomic E-state index is 0.751. The number of carbonyl (C=O) groups is 1. The molecule has 98 valence electrons. The number of hydrogen-bond acceptors (Lipinski definition) is 4. The van der Waals surface area contributed by atoms with Crippen LogP contribution in [0.5, 0.6) is 0 Å². The molecule has 1 fully saturated rings. The van der Waals surface area contributed by atoms with E-state index in [1.165, 1.54) is 5.56 Å². The topological polar surface area (TPSA) is 49.3 Å². The van der Waals surface area contributed by atoms with Gasteiger partial charge in [0.2, 0.25) is 6.41 Å². The third-order valence-electron chi connectivity index (χ3n) is 3.53. The number of rotatable bonds is 2. The first-order valence-corrected chi connectivity index (χ1v) is 6.43. The number of benzene rings is 1. The zero-order chi connectivity index (χ0) is 13.2. The average molecular weight is 256 g/mol. The van der Waals surface area contributed by atoms with Gasteiger partial charge in [-0.1, -0.05) is 11.6 Å². The maximum absolute atomic E-state index is 10.7. The van der Waals surface area contributed by atoms with Gasteiger partial charge in [0.1, 0.15) is 12.1 Å². The second kappa shape index (κ2) is 4.84. The Morgan fingerprint density at radius 3 is 2.68 bits per heavy atom. The number of nitrogens with zero attached hydrogens (tertiary/aromatic N) is 4. The van der Waals surface area contributed by atoms with Gasteiger partial charge in [-0.3, -0.25) is 4.79 Å². The zero-order valence-electron chi connectivity index (χ0n) is 10.9. The largest absolute Gasteiger partial charge is 0.352 e. The highest BCUT2D eigenvalue weighted by Crippen LogP contribution is 2.24. The third-order valence-corrected chi connectivity index (χ3v) is 3.53. The van der Waals surface area contributed by atoms with E-state index in [1.807, 2.05) is 6.07 Å². The van der Waals surface area contributed by atoms with E-state index >= 15 is 0 Å². The fourth-order valence-electron chi connectivity index (χ4n) is 2.45. The van der Waals surface area contributed by atoms with Gasteiger partial charge in [-0.25, -0.2) is 9.97 Å². The average Bonchev–Trinajstić information content (AvgIpc) is 2.47. The van der Waals surface area contributed by atoms with Crippen LogP contribution in [-0.4, -0.2) is 47.5 Å². The zero-order valence-corrected chi connectivity index (χ0v) is 10.9. The lowest BCUT2D eigenvalue weighted by atomic mass is 10.1. The Bertz CT molecular complexity index is 605. The van der Waals surface area contributed by atoms with Crippen molar-refractivity contribution in [2.45, 2.75) is 6.92 Å². The van der Waals surface area contributed by atoms with Crippen LogP contribution in [0.4, 0.5) is 5.82 Å². The van der Waals surface area contributed by atoms with Gasteiger partial charge >= 0.3 is 0 Å². The van der Waals surface area contributed by atoms with Crippen molar-refractivity contribution in [1.29, 1.82) is 0 Å². The van der Waals surface area contributed by atoms with Crippen LogP contribution in [0, 0.1) is 6.92 Å². The predicted octanol–water partition coefficient (Wildman–Crippen LogP) is 1.22. The molecule has 0 aliphatic carbocycles. The van der Waals surface area contributed by atoms with Gasteiger partial charge in [0.25, 0.3) is 0 Å². The summed E-state index contributed by atoms with van der Waals surface area (Å²) in [6.07, 6.45) is 2.53. The molecule has 0 radical (unpaired) electrons. The second-order valence-corrected chi connectivity index (χ2v) is 4.85. The van der Waals surface area contributed by atoms with Crippen molar-refractivity contribution in [1.82, 2.24) is 14.9 Å². The maximum Gasteiger partial charge on any atom is 0.209 e. The molecule has 2 aromatic rings. The van der Waals surface area contributed by atoms with Gasteiger partial charge < -0.3 is 9.80 Å². The van der Waals surface area contributed by atoms with Crippen LogP contribution >= 0.6 is 0 Å². The number of anilines is 1. The first-order valence-electron chi connectivity index (χ1n) is 6.43. The highest BCUT2D eigenvalue weighted by atomic mass is 16.1. The lowest BCUT2D eigenvalue weighted by Crippen LogP contribution is -2.46. The van der Waals surface area contributed by atoms with Crippen molar-refractivity contribution in [3.63, 3.8) is 0 Å². The summed E-state index contributed by atoms with van der Waals surface area (Å²) in [5.41, 5.74) is 2.17. The molecule has 2 heterocycles. The van der Waals surface area contributed by atoms with E-state index in [4.69, 9.17) is 0 Å². The normalized spacial score (nSPS) is 15.8. The van der Waals surface area contributed by atoms with E-state index in [0.717, 1.165) is 49.3 Å². The number of carbonyl (C=O) groups excluding carboxylic acids is 1. The van der Waals surface area contributed by atoms with E-state index < -0.39 is 0 Å². The fraction of sp³-hybridized carbons (Fsp3) is 0.357. The van der Waals surface area contributed by atoms with Gasteiger partial charge in [0, 0.05) is 31.6 Å². The van der Waals surface area contributed by atoms with Crippen LogP contribution in [-0.2, 0) is 4.79 Å². The Hall–Kier alpha value is -2.17. The van der Waals surface area contributed by atoms with Crippen molar-refractivity contribution in [3.05, 3.63) is 30.1 Å². The van der Waals surface area contributed by atoms with Crippen LogP contribution in [0.3, 0.4) is 0 Å². The van der Waals surface area contributed by atoms with Crippen molar-refractivity contribution < 1.29 is 4.79 Å². The maximum atomic E-state index is 10.7. The Morgan fingerprint density at radius 2 is 1.95 bits per heavy atom. The molecule has 0 bridgehead atoms. The smallest absolute Gasteiger partial charge is 0.209 e. The minimum Gasteiger partial charge on any atom is -0.352 e. The molecule has 1 saturated heterocycles. The summed E-state index contributed by atoms with van der Waals surface area (Å²) in [5, 5.41) is 1.09. The number of piperazine rings is 1. The molecule has 1 aliphatic heterocycles. The summed E-state index contributed by atoms with van der Waals surface area (Å²) in [4.78, 5) is 23.5. The Balaban J connectivity index is 1.96. The predicted molar refractivity (Wildman–Crippen MR) is 74.1 cm³/mol. The molecule has 0 N–H and O–H groups in total. The Morgan fingerprint density at radius 1 is 1.16 bits per heavy atom. The molecule has 5 nitrogen and oxygen atoms in total. The van der Waals surface area contributed by atoms with Crippen LogP contribution in [0.15, 0.2) is 24.5 Å². The summed E-state index contributed by atoms with van der Waals surface area (Å²) in [6, 6.07) is 6.21. The highest BCUT2D eigenvalue weighted by Gasteiger charge is 2.18. The SMILES string of the molecule is Cc1ccc2ncnc(N3CCN(C=O)CC3)c2c1. The number of hydrogen-bond donors (Lipinski definition) is 0. The van der Waals surface area contributed by atoms with Gasteiger partial charge in [-0.2, -0.15) is 0 Å². The highest BCUT2D eigenvalue weighted by molar-refractivity contribution is 5.89. The molecule has 1 aromatic carbocycles. The molecular weight excluding hydrogens is 240 g/mol. The number of amides is 1. The first-order chi connectivity index (χ1) is 9.28. The molecule has 0 atom stereocenters. The monoisotopic (exact) mass is 256 g/mol. The van der Waals surface area contributed by atoms with Crippen LogP contribution in [0.1, 0.15) is 5.56 Å².